The number of rotatable bonds is 9. The average Bonchev–Trinajstić information content (AvgIpc) is 3.26. The Bertz CT molecular complexity index is 1930. The zero-order chi connectivity index (χ0) is 31.5. The monoisotopic (exact) mass is 838 g/mol. The fraction of sp³-hybridized carbons (Fsp3) is 0.242. The molecular formula is C33H29FI2N2O5S. The van der Waals surface area contributed by atoms with Crippen LogP contribution in [-0.4, -0.2) is 23.2 Å². The van der Waals surface area contributed by atoms with Gasteiger partial charge in [0, 0.05) is 14.7 Å². The van der Waals surface area contributed by atoms with Crippen molar-refractivity contribution in [1.82, 2.24) is 4.57 Å². The van der Waals surface area contributed by atoms with Crippen LogP contribution in [0.5, 0.6) is 11.5 Å². The van der Waals surface area contributed by atoms with Gasteiger partial charge in [0.1, 0.15) is 23.9 Å². The van der Waals surface area contributed by atoms with Gasteiger partial charge in [0.2, 0.25) is 0 Å². The van der Waals surface area contributed by atoms with Gasteiger partial charge in [0.15, 0.2) is 4.80 Å². The Kier molecular flexibility index (Phi) is 10.3. The highest BCUT2D eigenvalue weighted by Gasteiger charge is 2.33. The first-order valence-electron chi connectivity index (χ1n) is 13.9. The number of allylic oxidation sites excluding steroid dienone is 1. The van der Waals surface area contributed by atoms with Gasteiger partial charge < -0.3 is 14.2 Å². The maximum Gasteiger partial charge on any atom is 0.338 e. The van der Waals surface area contributed by atoms with Gasteiger partial charge in [-0.05, 0) is 115 Å². The number of halogens is 3. The molecule has 228 valence electrons. The quantitative estimate of drug-likeness (QED) is 0.142. The topological polar surface area (TPSA) is 79.1 Å². The molecule has 0 bridgehead atoms. The molecule has 1 aromatic heterocycles. The second kappa shape index (κ2) is 13.9. The summed E-state index contributed by atoms with van der Waals surface area (Å²) in [4.78, 5) is 32.5. The number of carbonyl (C=O) groups excluding carboxylic acids is 1. The van der Waals surface area contributed by atoms with E-state index < -0.39 is 12.0 Å². The molecule has 1 aliphatic heterocycles. The van der Waals surface area contributed by atoms with E-state index in [9.17, 15) is 14.0 Å². The summed E-state index contributed by atoms with van der Waals surface area (Å²) in [6.45, 7) is 7.61. The van der Waals surface area contributed by atoms with Gasteiger partial charge in [-0.25, -0.2) is 14.2 Å². The van der Waals surface area contributed by atoms with Crippen LogP contribution in [0.1, 0.15) is 50.4 Å². The van der Waals surface area contributed by atoms with E-state index in [0.29, 0.717) is 43.2 Å². The molecule has 0 radical (unpaired) electrons. The van der Waals surface area contributed by atoms with Crippen LogP contribution in [0.25, 0.3) is 6.08 Å². The van der Waals surface area contributed by atoms with Crippen molar-refractivity contribution in [3.63, 3.8) is 0 Å². The van der Waals surface area contributed by atoms with E-state index in [2.05, 4.69) is 50.2 Å². The molecule has 44 heavy (non-hydrogen) atoms. The molecule has 4 aromatic rings. The van der Waals surface area contributed by atoms with E-state index in [1.165, 1.54) is 17.4 Å². The molecule has 0 saturated heterocycles. The minimum atomic E-state index is -0.742. The van der Waals surface area contributed by atoms with E-state index in [1.807, 2.05) is 50.2 Å². The first-order chi connectivity index (χ1) is 21.1. The number of thiazole rings is 1. The van der Waals surface area contributed by atoms with Crippen LogP contribution in [0.3, 0.4) is 0 Å². The molecule has 7 nitrogen and oxygen atoms in total. The van der Waals surface area contributed by atoms with E-state index in [-0.39, 0.29) is 30.7 Å². The van der Waals surface area contributed by atoms with Crippen molar-refractivity contribution in [2.24, 2.45) is 4.99 Å². The number of esters is 1. The molecule has 0 saturated carbocycles. The summed E-state index contributed by atoms with van der Waals surface area (Å²) in [6, 6.07) is 17.0. The molecule has 0 N–H and O–H groups in total. The first kappa shape index (κ1) is 32.4. The summed E-state index contributed by atoms with van der Waals surface area (Å²) in [5.74, 6) is 0.359. The van der Waals surface area contributed by atoms with Crippen molar-refractivity contribution in [3.8, 4) is 11.5 Å². The summed E-state index contributed by atoms with van der Waals surface area (Å²) in [7, 11) is 0. The highest BCUT2D eigenvalue weighted by atomic mass is 127. The van der Waals surface area contributed by atoms with Crippen LogP contribution in [0, 0.1) is 13.0 Å². The Hall–Kier alpha value is -3.04. The smallest absolute Gasteiger partial charge is 0.338 e. The highest BCUT2D eigenvalue weighted by Crippen LogP contribution is 2.33. The number of ether oxygens (including phenoxy) is 3. The Morgan fingerprint density at radius 3 is 2.55 bits per heavy atom. The van der Waals surface area contributed by atoms with Gasteiger partial charge in [-0.1, -0.05) is 41.7 Å². The van der Waals surface area contributed by atoms with Crippen molar-refractivity contribution in [3.05, 3.63) is 121 Å². The lowest BCUT2D eigenvalue weighted by atomic mass is 9.96. The summed E-state index contributed by atoms with van der Waals surface area (Å²) < 4.78 is 35.4. The highest BCUT2D eigenvalue weighted by molar-refractivity contribution is 14.1. The number of fused-ring (bicyclic) bond motifs is 1. The van der Waals surface area contributed by atoms with Crippen molar-refractivity contribution >= 4 is 68.6 Å². The van der Waals surface area contributed by atoms with E-state index in [1.54, 1.807) is 42.7 Å². The zero-order valence-corrected chi connectivity index (χ0v) is 29.5. The standard InChI is InChI=1S/C33H29FI2N2O5S/c1-5-41-32(40)28-19(4)37-33-38(29(28)20-10-12-24(13-11-20)43-18(2)3)31(39)27(44-33)15-22-14-23(35)16-26(36)30(22)42-17-21-8-6-7-9-25(21)34/h6-16,18,29H,5,17H2,1-4H3/b27-15-/t29-/m0/s1. The summed E-state index contributed by atoms with van der Waals surface area (Å²) >= 11 is 5.63. The van der Waals surface area contributed by atoms with Crippen molar-refractivity contribution in [1.29, 1.82) is 0 Å². The Morgan fingerprint density at radius 1 is 1.14 bits per heavy atom. The van der Waals surface area contributed by atoms with Crippen molar-refractivity contribution < 1.29 is 23.4 Å². The number of benzene rings is 3. The molecule has 1 atom stereocenters. The molecule has 3 aromatic carbocycles. The maximum absolute atomic E-state index is 14.3. The maximum atomic E-state index is 14.3. The van der Waals surface area contributed by atoms with Crippen molar-refractivity contribution in [2.45, 2.75) is 46.4 Å². The van der Waals surface area contributed by atoms with Crippen LogP contribution in [-0.2, 0) is 16.1 Å². The Labute approximate surface area is 285 Å². The van der Waals surface area contributed by atoms with E-state index in [4.69, 9.17) is 14.2 Å². The van der Waals surface area contributed by atoms with Gasteiger partial charge >= 0.3 is 5.97 Å². The number of nitrogens with zero attached hydrogens (tertiary/aromatic N) is 2. The molecular weight excluding hydrogens is 809 g/mol. The van der Waals surface area contributed by atoms with Crippen LogP contribution < -0.4 is 24.4 Å². The number of carbonyl (C=O) groups is 1. The lowest BCUT2D eigenvalue weighted by molar-refractivity contribution is -0.139. The van der Waals surface area contributed by atoms with E-state index >= 15 is 0 Å². The normalized spacial score (nSPS) is 14.8. The predicted octanol–water partition coefficient (Wildman–Crippen LogP) is 6.51. The number of aromatic nitrogens is 1. The summed E-state index contributed by atoms with van der Waals surface area (Å²) in [5.41, 5.74) is 2.32. The van der Waals surface area contributed by atoms with Crippen molar-refractivity contribution in [2.75, 3.05) is 6.61 Å². The molecule has 0 aliphatic carbocycles. The lowest BCUT2D eigenvalue weighted by Crippen LogP contribution is -2.39. The molecule has 0 amide bonds. The first-order valence-corrected chi connectivity index (χ1v) is 16.9. The van der Waals surface area contributed by atoms with Crippen LogP contribution in [0.2, 0.25) is 0 Å². The number of hydrogen-bond donors (Lipinski definition) is 0. The molecule has 1 aliphatic rings. The molecule has 0 fully saturated rings. The Morgan fingerprint density at radius 2 is 1.86 bits per heavy atom. The largest absolute Gasteiger partial charge is 0.491 e. The van der Waals surface area contributed by atoms with Gasteiger partial charge in [-0.2, -0.15) is 0 Å². The van der Waals surface area contributed by atoms with E-state index in [0.717, 1.165) is 12.7 Å². The van der Waals surface area contributed by atoms with Crippen LogP contribution in [0.15, 0.2) is 81.7 Å². The minimum Gasteiger partial charge on any atom is -0.491 e. The second-order valence-electron chi connectivity index (χ2n) is 10.2. The molecule has 5 rings (SSSR count). The molecule has 2 heterocycles. The molecule has 11 heteroatoms. The summed E-state index contributed by atoms with van der Waals surface area (Å²) in [5, 5.41) is 0. The Balaban J connectivity index is 1.63. The third-order valence-electron chi connectivity index (χ3n) is 6.74. The summed E-state index contributed by atoms with van der Waals surface area (Å²) in [6.07, 6.45) is 1.77. The fourth-order valence-corrected chi connectivity index (χ4v) is 7.94. The fourth-order valence-electron chi connectivity index (χ4n) is 4.85. The zero-order valence-electron chi connectivity index (χ0n) is 24.4. The van der Waals surface area contributed by atoms with Gasteiger partial charge in [-0.15, -0.1) is 0 Å². The van der Waals surface area contributed by atoms with Gasteiger partial charge in [0.25, 0.3) is 5.56 Å². The number of hydrogen-bond acceptors (Lipinski definition) is 7. The average molecular weight is 838 g/mol. The van der Waals surface area contributed by atoms with Gasteiger partial charge in [-0.3, -0.25) is 9.36 Å². The minimum absolute atomic E-state index is 0.000417. The second-order valence-corrected chi connectivity index (χ2v) is 13.6. The molecule has 0 spiro atoms. The SMILES string of the molecule is CCOC(=O)C1=C(C)N=c2s/c(=C\c3cc(I)cc(I)c3OCc3ccccc3F)c(=O)n2[C@H]1c1ccc(OC(C)C)cc1. The lowest BCUT2D eigenvalue weighted by Gasteiger charge is -2.25. The van der Waals surface area contributed by atoms with Gasteiger partial charge in [0.05, 0.1) is 38.1 Å². The predicted molar refractivity (Wildman–Crippen MR) is 185 cm³/mol. The van der Waals surface area contributed by atoms with Crippen LogP contribution in [0.4, 0.5) is 4.39 Å². The van der Waals surface area contributed by atoms with Crippen LogP contribution >= 0.6 is 56.5 Å². The third kappa shape index (κ3) is 6.94. The third-order valence-corrected chi connectivity index (χ3v) is 9.15. The molecule has 0 unspecified atom stereocenters.